The van der Waals surface area contributed by atoms with Crippen molar-refractivity contribution >= 4 is 17.3 Å². The summed E-state index contributed by atoms with van der Waals surface area (Å²) in [5, 5.41) is 10.7. The number of benzene rings is 1. The molecule has 0 heterocycles. The molecular weight excluding hydrogens is 186 g/mol. The van der Waals surface area contributed by atoms with Gasteiger partial charge in [0.1, 0.15) is 5.75 Å². The van der Waals surface area contributed by atoms with Crippen molar-refractivity contribution in [2.45, 2.75) is 6.54 Å². The van der Waals surface area contributed by atoms with Crippen molar-refractivity contribution in [2.75, 3.05) is 0 Å². The second kappa shape index (κ2) is 4.06. The number of rotatable bonds is 2. The second-order valence-corrected chi connectivity index (χ2v) is 3.01. The van der Waals surface area contributed by atoms with E-state index in [9.17, 15) is 5.11 Å². The second-order valence-electron chi connectivity index (χ2n) is 2.59. The molecule has 0 unspecified atom stereocenters. The molecule has 5 heteroatoms. The zero-order chi connectivity index (χ0) is 9.84. The molecule has 4 nitrogen and oxygen atoms in total. The third-order valence-corrected chi connectivity index (χ3v) is 1.85. The first-order valence-corrected chi connectivity index (χ1v) is 4.10. The molecular formula is C8H11N3OS. The Kier molecular flexibility index (Phi) is 3.05. The van der Waals surface area contributed by atoms with Crippen LogP contribution in [0.3, 0.4) is 0 Å². The largest absolute Gasteiger partial charge is 0.508 e. The summed E-state index contributed by atoms with van der Waals surface area (Å²) >= 11 is 4.66. The normalized spacial score (nSPS) is 9.62. The molecule has 1 aromatic carbocycles. The molecule has 13 heavy (non-hydrogen) atoms. The molecule has 5 N–H and O–H groups in total. The highest BCUT2D eigenvalue weighted by atomic mass is 32.1. The van der Waals surface area contributed by atoms with Crippen molar-refractivity contribution in [1.29, 1.82) is 0 Å². The fourth-order valence-corrected chi connectivity index (χ4v) is 0.971. The van der Waals surface area contributed by atoms with E-state index in [0.717, 1.165) is 0 Å². The monoisotopic (exact) mass is 197 g/mol. The number of thiocarbonyl (C=S) groups is 1. The van der Waals surface area contributed by atoms with Crippen LogP contribution in [0.25, 0.3) is 0 Å². The van der Waals surface area contributed by atoms with Crippen LogP contribution in [0.2, 0.25) is 0 Å². The Morgan fingerprint density at radius 2 is 2.08 bits per heavy atom. The first-order valence-electron chi connectivity index (χ1n) is 3.70. The lowest BCUT2D eigenvalue weighted by Crippen LogP contribution is -2.40. The van der Waals surface area contributed by atoms with E-state index in [1.54, 1.807) is 18.2 Å². The van der Waals surface area contributed by atoms with Crippen LogP contribution in [-0.2, 0) is 6.54 Å². The first-order chi connectivity index (χ1) is 6.11. The maximum Gasteiger partial charge on any atom is 0.180 e. The van der Waals surface area contributed by atoms with Gasteiger partial charge in [-0.2, -0.15) is 0 Å². The highest BCUT2D eigenvalue weighted by Gasteiger charge is 2.04. The van der Waals surface area contributed by atoms with Gasteiger partial charge in [0, 0.05) is 5.56 Å². The number of hydrogen-bond donors (Lipinski definition) is 3. The summed E-state index contributed by atoms with van der Waals surface area (Å²) in [5.41, 5.74) is 5.98. The highest BCUT2D eigenvalue weighted by molar-refractivity contribution is 7.80. The summed E-state index contributed by atoms with van der Waals surface area (Å²) in [6.07, 6.45) is 0. The smallest absolute Gasteiger partial charge is 0.180 e. The average molecular weight is 197 g/mol. The number of para-hydroxylation sites is 1. The Hall–Kier alpha value is -1.33. The van der Waals surface area contributed by atoms with Gasteiger partial charge in [0.05, 0.1) is 6.54 Å². The van der Waals surface area contributed by atoms with Crippen LogP contribution < -0.4 is 11.6 Å². The predicted molar refractivity (Wildman–Crippen MR) is 54.6 cm³/mol. The lowest BCUT2D eigenvalue weighted by Gasteiger charge is -2.16. The van der Waals surface area contributed by atoms with Gasteiger partial charge in [0.15, 0.2) is 5.11 Å². The molecule has 0 aromatic heterocycles. The molecule has 0 saturated heterocycles. The maximum absolute atomic E-state index is 9.37. The van der Waals surface area contributed by atoms with Gasteiger partial charge < -0.3 is 10.8 Å². The number of hydrazine groups is 1. The quantitative estimate of drug-likeness (QED) is 0.361. The minimum absolute atomic E-state index is 0.100. The van der Waals surface area contributed by atoms with Crippen molar-refractivity contribution in [2.24, 2.45) is 11.6 Å². The molecule has 1 aromatic rings. The van der Waals surface area contributed by atoms with Gasteiger partial charge in [-0.25, -0.2) is 5.84 Å². The molecule has 0 amide bonds. The molecule has 0 aliphatic carbocycles. The van der Waals surface area contributed by atoms with E-state index in [4.69, 9.17) is 11.6 Å². The lowest BCUT2D eigenvalue weighted by atomic mass is 10.2. The fourth-order valence-electron chi connectivity index (χ4n) is 0.906. The van der Waals surface area contributed by atoms with Crippen LogP contribution in [0.4, 0.5) is 0 Å². The molecule has 0 radical (unpaired) electrons. The minimum atomic E-state index is 0.100. The van der Waals surface area contributed by atoms with Crippen molar-refractivity contribution in [3.8, 4) is 5.75 Å². The maximum atomic E-state index is 9.37. The number of aromatic hydroxyl groups is 1. The summed E-state index contributed by atoms with van der Waals surface area (Å²) in [6.45, 7) is 0.308. The predicted octanol–water partition coefficient (Wildman–Crippen LogP) is 0.311. The topological polar surface area (TPSA) is 75.5 Å². The van der Waals surface area contributed by atoms with Crippen molar-refractivity contribution < 1.29 is 5.11 Å². The molecule has 70 valence electrons. The third kappa shape index (κ3) is 2.57. The third-order valence-electron chi connectivity index (χ3n) is 1.62. The molecule has 0 aliphatic heterocycles. The molecule has 1 rings (SSSR count). The number of nitrogens with zero attached hydrogens (tertiary/aromatic N) is 1. The summed E-state index contributed by atoms with van der Waals surface area (Å²) < 4.78 is 0. The van der Waals surface area contributed by atoms with Crippen LogP contribution in [0, 0.1) is 0 Å². The van der Waals surface area contributed by atoms with Gasteiger partial charge in [0.2, 0.25) is 0 Å². The van der Waals surface area contributed by atoms with Gasteiger partial charge in [-0.15, -0.1) is 0 Å². The fraction of sp³-hybridized carbons (Fsp3) is 0.125. The average Bonchev–Trinajstić information content (AvgIpc) is 2.08. The SMILES string of the molecule is NC(=S)N(N)Cc1ccccc1O. The van der Waals surface area contributed by atoms with Crippen LogP contribution in [-0.4, -0.2) is 15.2 Å². The van der Waals surface area contributed by atoms with Crippen molar-refractivity contribution in [3.05, 3.63) is 29.8 Å². The van der Waals surface area contributed by atoms with Crippen LogP contribution in [0.5, 0.6) is 5.75 Å². The minimum Gasteiger partial charge on any atom is -0.508 e. The standard InChI is InChI=1S/C8H11N3OS/c9-8(13)11(10)5-6-3-1-2-4-7(6)12/h1-4,12H,5,10H2,(H2,9,13). The Balaban J connectivity index is 2.74. The van der Waals surface area contributed by atoms with E-state index >= 15 is 0 Å². The molecule has 0 spiro atoms. The molecule has 0 fully saturated rings. The highest BCUT2D eigenvalue weighted by Crippen LogP contribution is 2.16. The Morgan fingerprint density at radius 3 is 2.62 bits per heavy atom. The van der Waals surface area contributed by atoms with Gasteiger partial charge in [0.25, 0.3) is 0 Å². The summed E-state index contributed by atoms with van der Waals surface area (Å²) in [4.78, 5) is 0. The zero-order valence-corrected chi connectivity index (χ0v) is 7.79. The van der Waals surface area contributed by atoms with Crippen LogP contribution >= 0.6 is 12.2 Å². The van der Waals surface area contributed by atoms with E-state index < -0.39 is 0 Å². The Morgan fingerprint density at radius 1 is 1.46 bits per heavy atom. The van der Waals surface area contributed by atoms with Gasteiger partial charge >= 0.3 is 0 Å². The Bertz CT molecular complexity index is 316. The van der Waals surface area contributed by atoms with E-state index in [0.29, 0.717) is 12.1 Å². The van der Waals surface area contributed by atoms with E-state index in [1.807, 2.05) is 6.07 Å². The molecule has 0 aliphatic rings. The number of nitrogens with two attached hydrogens (primary N) is 2. The molecule has 0 saturated carbocycles. The number of phenolic OH excluding ortho intramolecular Hbond substituents is 1. The van der Waals surface area contributed by atoms with Crippen LogP contribution in [0.15, 0.2) is 24.3 Å². The zero-order valence-electron chi connectivity index (χ0n) is 6.97. The Labute approximate surface area is 81.7 Å². The first kappa shape index (κ1) is 9.76. The van der Waals surface area contributed by atoms with Crippen LogP contribution in [0.1, 0.15) is 5.56 Å². The van der Waals surface area contributed by atoms with Crippen molar-refractivity contribution in [1.82, 2.24) is 5.01 Å². The number of hydrogen-bond acceptors (Lipinski definition) is 3. The van der Waals surface area contributed by atoms with E-state index in [2.05, 4.69) is 12.2 Å². The van der Waals surface area contributed by atoms with E-state index in [1.165, 1.54) is 5.01 Å². The van der Waals surface area contributed by atoms with Gasteiger partial charge in [-0.3, -0.25) is 5.01 Å². The van der Waals surface area contributed by atoms with E-state index in [-0.39, 0.29) is 10.9 Å². The summed E-state index contributed by atoms with van der Waals surface area (Å²) in [5.74, 6) is 5.66. The lowest BCUT2D eigenvalue weighted by molar-refractivity contribution is 0.412. The summed E-state index contributed by atoms with van der Waals surface area (Å²) in [7, 11) is 0. The molecule has 0 bridgehead atoms. The summed E-state index contributed by atoms with van der Waals surface area (Å²) in [6, 6.07) is 6.89. The van der Waals surface area contributed by atoms with Gasteiger partial charge in [-0.1, -0.05) is 18.2 Å². The van der Waals surface area contributed by atoms with Gasteiger partial charge in [-0.05, 0) is 18.3 Å². The van der Waals surface area contributed by atoms with Crippen molar-refractivity contribution in [3.63, 3.8) is 0 Å². The molecule has 0 atom stereocenters. The number of phenols is 1.